The molecule has 0 aliphatic rings. The van der Waals surface area contributed by atoms with Crippen LogP contribution in [0.2, 0.25) is 0 Å². The number of thioether (sulfide) groups is 1. The minimum atomic E-state index is 0.655. The molecule has 4 rings (SSSR count). The fourth-order valence-electron chi connectivity index (χ4n) is 2.88. The van der Waals surface area contributed by atoms with Gasteiger partial charge in [-0.2, -0.15) is 0 Å². The maximum absolute atomic E-state index is 5.84. The third-order valence-electron chi connectivity index (χ3n) is 4.36. The molecule has 0 unspecified atom stereocenters. The van der Waals surface area contributed by atoms with E-state index in [4.69, 9.17) is 4.42 Å². The summed E-state index contributed by atoms with van der Waals surface area (Å²) in [5.41, 5.74) is 4.19. The molecule has 0 aliphatic heterocycles. The lowest BCUT2D eigenvalue weighted by molar-refractivity contribution is 0.540. The molecule has 0 atom stereocenters. The van der Waals surface area contributed by atoms with Crippen molar-refractivity contribution in [3.8, 4) is 22.8 Å². The third-order valence-corrected chi connectivity index (χ3v) is 5.39. The van der Waals surface area contributed by atoms with Crippen LogP contribution in [-0.4, -0.2) is 19.7 Å². The van der Waals surface area contributed by atoms with Crippen molar-refractivity contribution in [1.82, 2.24) is 19.7 Å². The maximum Gasteiger partial charge on any atom is 0.226 e. The summed E-state index contributed by atoms with van der Waals surface area (Å²) in [5, 5.41) is 9.57. The van der Waals surface area contributed by atoms with E-state index in [0.717, 1.165) is 33.6 Å². The van der Waals surface area contributed by atoms with E-state index in [1.807, 2.05) is 54.9 Å². The van der Waals surface area contributed by atoms with Crippen LogP contribution in [0.5, 0.6) is 0 Å². The Morgan fingerprint density at radius 1 is 0.963 bits per heavy atom. The topological polar surface area (TPSA) is 56.7 Å². The van der Waals surface area contributed by atoms with E-state index in [-0.39, 0.29) is 0 Å². The van der Waals surface area contributed by atoms with Crippen molar-refractivity contribution in [1.29, 1.82) is 0 Å². The Bertz CT molecular complexity index is 1070. The van der Waals surface area contributed by atoms with Crippen LogP contribution in [-0.2, 0) is 12.8 Å². The number of aromatic nitrogens is 4. The molecule has 2 aromatic carbocycles. The Labute approximate surface area is 162 Å². The molecule has 0 saturated heterocycles. The minimum Gasteiger partial charge on any atom is -0.441 e. The van der Waals surface area contributed by atoms with Crippen molar-refractivity contribution >= 4 is 11.8 Å². The standard InChI is InChI=1S/C21H20N4OS/c1-14-8-7-11-17(12-14)19-23-24-21(25(19)3)27-13-18-15(2)26-20(22-18)16-9-5-4-6-10-16/h4-12H,13H2,1-3H3. The van der Waals surface area contributed by atoms with E-state index < -0.39 is 0 Å². The van der Waals surface area contributed by atoms with Gasteiger partial charge < -0.3 is 8.98 Å². The molecular weight excluding hydrogens is 356 g/mol. The molecule has 5 nitrogen and oxygen atoms in total. The number of rotatable bonds is 5. The Morgan fingerprint density at radius 3 is 2.52 bits per heavy atom. The van der Waals surface area contributed by atoms with Crippen molar-refractivity contribution in [3.05, 3.63) is 71.6 Å². The van der Waals surface area contributed by atoms with Crippen LogP contribution in [0.25, 0.3) is 22.8 Å². The number of hydrogen-bond acceptors (Lipinski definition) is 5. The molecule has 2 heterocycles. The quantitative estimate of drug-likeness (QED) is 0.456. The van der Waals surface area contributed by atoms with Crippen molar-refractivity contribution in [2.24, 2.45) is 7.05 Å². The van der Waals surface area contributed by atoms with Crippen molar-refractivity contribution in [2.45, 2.75) is 24.8 Å². The van der Waals surface area contributed by atoms with Gasteiger partial charge in [0, 0.05) is 23.9 Å². The first-order chi connectivity index (χ1) is 13.1. The van der Waals surface area contributed by atoms with Gasteiger partial charge in [-0.15, -0.1) is 10.2 Å². The van der Waals surface area contributed by atoms with Gasteiger partial charge in [-0.25, -0.2) is 4.98 Å². The van der Waals surface area contributed by atoms with Crippen LogP contribution in [0.15, 0.2) is 64.2 Å². The predicted octanol–water partition coefficient (Wildman–Crippen LogP) is 5.05. The lowest BCUT2D eigenvalue weighted by Crippen LogP contribution is -1.95. The molecular formula is C21H20N4OS. The van der Waals surface area contributed by atoms with E-state index >= 15 is 0 Å². The highest BCUT2D eigenvalue weighted by Gasteiger charge is 2.15. The molecule has 0 aliphatic carbocycles. The van der Waals surface area contributed by atoms with E-state index in [1.165, 1.54) is 5.56 Å². The van der Waals surface area contributed by atoms with Crippen LogP contribution in [0.1, 0.15) is 17.0 Å². The SMILES string of the molecule is Cc1cccc(-c2nnc(SCc3nc(-c4ccccc4)oc3C)n2C)c1. The summed E-state index contributed by atoms with van der Waals surface area (Å²) in [6, 6.07) is 18.2. The van der Waals surface area contributed by atoms with Gasteiger partial charge in [0.1, 0.15) is 5.76 Å². The normalized spacial score (nSPS) is 11.1. The average Bonchev–Trinajstić information content (AvgIpc) is 3.23. The molecule has 136 valence electrons. The van der Waals surface area contributed by atoms with Crippen LogP contribution in [0.4, 0.5) is 0 Å². The molecule has 0 fully saturated rings. The summed E-state index contributed by atoms with van der Waals surface area (Å²) in [5.74, 6) is 3.04. The highest BCUT2D eigenvalue weighted by molar-refractivity contribution is 7.98. The fourth-order valence-corrected chi connectivity index (χ4v) is 3.79. The zero-order valence-electron chi connectivity index (χ0n) is 15.5. The van der Waals surface area contributed by atoms with Crippen molar-refractivity contribution < 1.29 is 4.42 Å². The third kappa shape index (κ3) is 3.66. The molecule has 2 aromatic heterocycles. The molecule has 4 aromatic rings. The lowest BCUT2D eigenvalue weighted by Gasteiger charge is -2.04. The number of oxazole rings is 1. The minimum absolute atomic E-state index is 0.655. The van der Waals surface area contributed by atoms with Crippen LogP contribution in [0.3, 0.4) is 0 Å². The van der Waals surface area contributed by atoms with Crippen LogP contribution >= 0.6 is 11.8 Å². The summed E-state index contributed by atoms with van der Waals surface area (Å²) < 4.78 is 7.86. The molecule has 6 heteroatoms. The smallest absolute Gasteiger partial charge is 0.226 e. The predicted molar refractivity (Wildman–Crippen MR) is 107 cm³/mol. The van der Waals surface area contributed by atoms with E-state index in [1.54, 1.807) is 11.8 Å². The summed E-state index contributed by atoms with van der Waals surface area (Å²) >= 11 is 1.61. The van der Waals surface area contributed by atoms with Crippen LogP contribution < -0.4 is 0 Å². The monoisotopic (exact) mass is 376 g/mol. The highest BCUT2D eigenvalue weighted by atomic mass is 32.2. The van der Waals surface area contributed by atoms with E-state index in [9.17, 15) is 0 Å². The van der Waals surface area contributed by atoms with Gasteiger partial charge in [0.2, 0.25) is 5.89 Å². The van der Waals surface area contributed by atoms with Gasteiger partial charge in [0.15, 0.2) is 11.0 Å². The lowest BCUT2D eigenvalue weighted by atomic mass is 10.1. The Hall–Kier alpha value is -2.86. The van der Waals surface area contributed by atoms with Crippen molar-refractivity contribution in [2.75, 3.05) is 0 Å². The first-order valence-corrected chi connectivity index (χ1v) is 9.71. The molecule has 0 amide bonds. The largest absolute Gasteiger partial charge is 0.441 e. The zero-order chi connectivity index (χ0) is 18.8. The second-order valence-corrected chi connectivity index (χ2v) is 7.35. The number of aryl methyl sites for hydroxylation is 2. The van der Waals surface area contributed by atoms with Gasteiger partial charge in [-0.3, -0.25) is 0 Å². The second-order valence-electron chi connectivity index (χ2n) is 6.41. The van der Waals surface area contributed by atoms with E-state index in [2.05, 4.69) is 40.3 Å². The van der Waals surface area contributed by atoms with Gasteiger partial charge in [-0.1, -0.05) is 53.7 Å². The fraction of sp³-hybridized carbons (Fsp3) is 0.190. The molecule has 0 bridgehead atoms. The van der Waals surface area contributed by atoms with E-state index in [0.29, 0.717) is 11.6 Å². The highest BCUT2D eigenvalue weighted by Crippen LogP contribution is 2.28. The summed E-state index contributed by atoms with van der Waals surface area (Å²) in [6.45, 7) is 4.03. The molecule has 0 saturated carbocycles. The second kappa shape index (κ2) is 7.40. The van der Waals surface area contributed by atoms with Gasteiger partial charge >= 0.3 is 0 Å². The maximum atomic E-state index is 5.84. The number of nitrogens with zero attached hydrogens (tertiary/aromatic N) is 4. The summed E-state index contributed by atoms with van der Waals surface area (Å²) in [6.07, 6.45) is 0. The summed E-state index contributed by atoms with van der Waals surface area (Å²) in [4.78, 5) is 4.66. The van der Waals surface area contributed by atoms with Gasteiger partial charge in [0.05, 0.1) is 5.69 Å². The molecule has 0 radical (unpaired) electrons. The number of benzene rings is 2. The Kier molecular flexibility index (Phi) is 4.81. The first-order valence-electron chi connectivity index (χ1n) is 8.73. The van der Waals surface area contributed by atoms with Crippen LogP contribution in [0, 0.1) is 13.8 Å². The Balaban J connectivity index is 1.52. The first kappa shape index (κ1) is 17.5. The number of hydrogen-bond donors (Lipinski definition) is 0. The van der Waals surface area contributed by atoms with Crippen molar-refractivity contribution in [3.63, 3.8) is 0 Å². The van der Waals surface area contributed by atoms with Gasteiger partial charge in [0.25, 0.3) is 0 Å². The molecule has 27 heavy (non-hydrogen) atoms. The molecule has 0 N–H and O–H groups in total. The zero-order valence-corrected chi connectivity index (χ0v) is 16.3. The molecule has 0 spiro atoms. The Morgan fingerprint density at radius 2 is 1.74 bits per heavy atom. The summed E-state index contributed by atoms with van der Waals surface area (Å²) in [7, 11) is 1.99. The average molecular weight is 376 g/mol. The van der Waals surface area contributed by atoms with Gasteiger partial charge in [-0.05, 0) is 32.0 Å².